The van der Waals surface area contributed by atoms with Crippen molar-refractivity contribution in [2.45, 2.75) is 39.5 Å². The van der Waals surface area contributed by atoms with Gasteiger partial charge in [-0.25, -0.2) is 4.79 Å². The van der Waals surface area contributed by atoms with Crippen molar-refractivity contribution in [1.82, 2.24) is 0 Å². The number of amides is 1. The number of hydrogen-bond acceptors (Lipinski definition) is 6. The predicted octanol–water partition coefficient (Wildman–Crippen LogP) is 4.82. The van der Waals surface area contributed by atoms with Crippen LogP contribution in [0.15, 0.2) is 29.6 Å². The third-order valence-electron chi connectivity index (χ3n) is 5.40. The molecule has 1 aliphatic carbocycles. The summed E-state index contributed by atoms with van der Waals surface area (Å²) in [5.41, 5.74) is 1.73. The first-order chi connectivity index (χ1) is 15.0. The Hall–Kier alpha value is -2.87. The minimum absolute atomic E-state index is 0.203. The number of ether oxygens (including phenoxy) is 2. The second-order valence-corrected chi connectivity index (χ2v) is 8.24. The van der Waals surface area contributed by atoms with Crippen LogP contribution in [0.1, 0.15) is 49.9 Å². The van der Waals surface area contributed by atoms with Crippen LogP contribution in [0.3, 0.4) is 0 Å². The van der Waals surface area contributed by atoms with E-state index >= 15 is 0 Å². The highest BCUT2D eigenvalue weighted by atomic mass is 32.1. The van der Waals surface area contributed by atoms with E-state index < -0.39 is 23.8 Å². The van der Waals surface area contributed by atoms with Gasteiger partial charge >= 0.3 is 11.9 Å². The van der Waals surface area contributed by atoms with E-state index in [1.807, 2.05) is 31.2 Å². The molecule has 1 aromatic heterocycles. The van der Waals surface area contributed by atoms with Gasteiger partial charge in [-0.15, -0.1) is 11.3 Å². The summed E-state index contributed by atoms with van der Waals surface area (Å²) < 4.78 is 10.7. The van der Waals surface area contributed by atoms with Gasteiger partial charge < -0.3 is 19.9 Å². The smallest absolute Gasteiger partial charge is 0.341 e. The van der Waals surface area contributed by atoms with Crippen molar-refractivity contribution in [3.63, 3.8) is 0 Å². The predicted molar refractivity (Wildman–Crippen MR) is 119 cm³/mol. The van der Waals surface area contributed by atoms with Gasteiger partial charge in [-0.3, -0.25) is 9.59 Å². The molecule has 2 atom stereocenters. The molecule has 1 aliphatic rings. The molecule has 7 nitrogen and oxygen atoms in total. The molecule has 1 aromatic carbocycles. The maximum absolute atomic E-state index is 12.9. The number of thiophene rings is 1. The first-order valence-electron chi connectivity index (χ1n) is 10.5. The molecule has 3 rings (SSSR count). The van der Waals surface area contributed by atoms with Gasteiger partial charge in [0.15, 0.2) is 0 Å². The van der Waals surface area contributed by atoms with Gasteiger partial charge in [0.05, 0.1) is 25.0 Å². The normalized spacial score (nSPS) is 18.3. The zero-order valence-corrected chi connectivity index (χ0v) is 18.5. The Morgan fingerprint density at radius 3 is 2.35 bits per heavy atom. The summed E-state index contributed by atoms with van der Waals surface area (Å²) in [4.78, 5) is 37.3. The van der Waals surface area contributed by atoms with Gasteiger partial charge in [-0.2, -0.15) is 0 Å². The van der Waals surface area contributed by atoms with E-state index in [0.29, 0.717) is 30.0 Å². The van der Waals surface area contributed by atoms with Crippen LogP contribution in [0.25, 0.3) is 11.1 Å². The van der Waals surface area contributed by atoms with Crippen LogP contribution in [-0.2, 0) is 14.3 Å². The lowest BCUT2D eigenvalue weighted by molar-refractivity contribution is -0.147. The number of anilines is 1. The van der Waals surface area contributed by atoms with Crippen LogP contribution in [-0.4, -0.2) is 36.2 Å². The summed E-state index contributed by atoms with van der Waals surface area (Å²) in [6, 6.07) is 7.35. The number of carbonyl (C=O) groups excluding carboxylic acids is 2. The average Bonchev–Trinajstić information content (AvgIpc) is 3.18. The van der Waals surface area contributed by atoms with Gasteiger partial charge in [0.2, 0.25) is 5.91 Å². The second kappa shape index (κ2) is 10.4. The van der Waals surface area contributed by atoms with Crippen LogP contribution in [0.4, 0.5) is 5.00 Å². The molecule has 2 unspecified atom stereocenters. The Morgan fingerprint density at radius 1 is 1.06 bits per heavy atom. The highest BCUT2D eigenvalue weighted by Gasteiger charge is 2.36. The lowest BCUT2D eigenvalue weighted by Gasteiger charge is -2.27. The fourth-order valence-electron chi connectivity index (χ4n) is 3.91. The number of esters is 1. The summed E-state index contributed by atoms with van der Waals surface area (Å²) >= 11 is 1.23. The van der Waals surface area contributed by atoms with Crippen LogP contribution in [0, 0.1) is 11.8 Å². The van der Waals surface area contributed by atoms with Crippen LogP contribution in [0.2, 0.25) is 0 Å². The molecule has 1 saturated carbocycles. The van der Waals surface area contributed by atoms with Gasteiger partial charge in [-0.05, 0) is 44.4 Å². The van der Waals surface area contributed by atoms with Crippen LogP contribution < -0.4 is 10.1 Å². The van der Waals surface area contributed by atoms with Gasteiger partial charge in [0.1, 0.15) is 16.3 Å². The Morgan fingerprint density at radius 2 is 1.74 bits per heavy atom. The van der Waals surface area contributed by atoms with Crippen molar-refractivity contribution in [3.8, 4) is 16.9 Å². The summed E-state index contributed by atoms with van der Waals surface area (Å²) in [5.74, 6) is -2.43. The SMILES string of the molecule is CCOC(=O)c1c(-c2ccc(OCC)cc2)csc1NC(=O)C1CCCCC1C(=O)O. The number of carboxylic acids is 1. The zero-order valence-electron chi connectivity index (χ0n) is 17.7. The summed E-state index contributed by atoms with van der Waals surface area (Å²) in [7, 11) is 0. The van der Waals surface area contributed by atoms with Crippen LogP contribution in [0.5, 0.6) is 5.75 Å². The number of rotatable bonds is 8. The van der Waals surface area contributed by atoms with Crippen molar-refractivity contribution in [3.05, 3.63) is 35.2 Å². The summed E-state index contributed by atoms with van der Waals surface area (Å²) in [5, 5.41) is 14.5. The molecule has 0 spiro atoms. The Kier molecular flexibility index (Phi) is 7.68. The monoisotopic (exact) mass is 445 g/mol. The van der Waals surface area contributed by atoms with Crippen molar-refractivity contribution in [2.24, 2.45) is 11.8 Å². The maximum Gasteiger partial charge on any atom is 0.341 e. The zero-order chi connectivity index (χ0) is 22.4. The highest BCUT2D eigenvalue weighted by Crippen LogP contribution is 2.38. The van der Waals surface area contributed by atoms with Crippen molar-refractivity contribution < 1.29 is 29.0 Å². The van der Waals surface area contributed by atoms with Gasteiger partial charge in [-0.1, -0.05) is 25.0 Å². The number of hydrogen-bond donors (Lipinski definition) is 2. The molecular formula is C23H27NO6S. The minimum atomic E-state index is -0.952. The number of nitrogens with one attached hydrogen (secondary N) is 1. The molecule has 2 N–H and O–H groups in total. The van der Waals surface area contributed by atoms with E-state index in [0.717, 1.165) is 24.2 Å². The van der Waals surface area contributed by atoms with E-state index in [-0.39, 0.29) is 18.1 Å². The fraction of sp³-hybridized carbons (Fsp3) is 0.435. The molecule has 1 fully saturated rings. The van der Waals surface area contributed by atoms with Gasteiger partial charge in [0, 0.05) is 10.9 Å². The van der Waals surface area contributed by atoms with Crippen molar-refractivity contribution in [1.29, 1.82) is 0 Å². The first kappa shape index (κ1) is 22.8. The molecule has 2 aromatic rings. The molecule has 8 heteroatoms. The Balaban J connectivity index is 1.90. The standard InChI is InChI=1S/C23H27NO6S/c1-3-29-15-11-9-14(10-12-15)18-13-31-21(19(18)23(28)30-4-2)24-20(25)16-7-5-6-8-17(16)22(26)27/h9-13,16-17H,3-8H2,1-2H3,(H,24,25)(H,26,27). The lowest BCUT2D eigenvalue weighted by Crippen LogP contribution is -2.36. The topological polar surface area (TPSA) is 102 Å². The first-order valence-corrected chi connectivity index (χ1v) is 11.4. The number of benzene rings is 1. The highest BCUT2D eigenvalue weighted by molar-refractivity contribution is 7.15. The van der Waals surface area contributed by atoms with Crippen molar-refractivity contribution >= 4 is 34.2 Å². The number of carbonyl (C=O) groups is 3. The lowest BCUT2D eigenvalue weighted by atomic mass is 9.79. The average molecular weight is 446 g/mol. The van der Waals surface area contributed by atoms with Gasteiger partial charge in [0.25, 0.3) is 0 Å². The van der Waals surface area contributed by atoms with E-state index in [1.54, 1.807) is 12.3 Å². The molecule has 166 valence electrons. The second-order valence-electron chi connectivity index (χ2n) is 7.36. The molecule has 0 radical (unpaired) electrons. The number of carboxylic acid groups (broad SMARTS) is 1. The summed E-state index contributed by atoms with van der Waals surface area (Å²) in [6.07, 6.45) is 2.62. The Bertz CT molecular complexity index is 936. The molecule has 0 saturated heterocycles. The third kappa shape index (κ3) is 5.25. The minimum Gasteiger partial charge on any atom is -0.494 e. The number of aliphatic carboxylic acids is 1. The van der Waals surface area contributed by atoms with E-state index in [9.17, 15) is 19.5 Å². The maximum atomic E-state index is 12.9. The molecular weight excluding hydrogens is 418 g/mol. The van der Waals surface area contributed by atoms with E-state index in [2.05, 4.69) is 5.32 Å². The van der Waals surface area contributed by atoms with E-state index in [1.165, 1.54) is 11.3 Å². The Labute approximate surface area is 185 Å². The molecule has 0 bridgehead atoms. The largest absolute Gasteiger partial charge is 0.494 e. The van der Waals surface area contributed by atoms with Crippen molar-refractivity contribution in [2.75, 3.05) is 18.5 Å². The molecule has 1 amide bonds. The third-order valence-corrected chi connectivity index (χ3v) is 6.30. The quantitative estimate of drug-likeness (QED) is 0.565. The summed E-state index contributed by atoms with van der Waals surface area (Å²) in [6.45, 7) is 4.38. The molecule has 31 heavy (non-hydrogen) atoms. The fourth-order valence-corrected chi connectivity index (χ4v) is 4.87. The molecule has 1 heterocycles. The molecule has 0 aliphatic heterocycles. The van der Waals surface area contributed by atoms with E-state index in [4.69, 9.17) is 9.47 Å². The van der Waals surface area contributed by atoms with Crippen LogP contribution >= 0.6 is 11.3 Å².